The molecule has 0 N–H and O–H groups in total. The molecule has 0 saturated carbocycles. The molecule has 1 aliphatic heterocycles. The molecule has 3 heterocycles. The van der Waals surface area contributed by atoms with Crippen LogP contribution in [0.5, 0.6) is 0 Å². The number of fused-ring (bicyclic) bond motifs is 7. The van der Waals surface area contributed by atoms with Gasteiger partial charge in [0, 0.05) is 37.8 Å². The Kier molecular flexibility index (Phi) is 6.55. The Labute approximate surface area is 278 Å². The van der Waals surface area contributed by atoms with Crippen LogP contribution in [0.3, 0.4) is 0 Å². The standard InChI is InChI=1S/C43H31N3S/c1-28-23-34(20-17-30-16-15-29(27-44)24-43(30)47-28)46-40-14-8-6-12-36(40)38-26-32(19-22-42(38)46)31-18-21-41-37(25-31)35-11-5-7-13-39(35)45(41)33-9-3-2-4-10-33/h2-3,5-9,11-16,18-26H,4,10,17H2,1H3/b28-23+,34-20+. The predicted octanol–water partition coefficient (Wildman–Crippen LogP) is 11.7. The molecule has 7 aromatic rings. The summed E-state index contributed by atoms with van der Waals surface area (Å²) in [6.07, 6.45) is 14.2. The Balaban J connectivity index is 1.19. The maximum Gasteiger partial charge on any atom is 0.0992 e. The molecule has 0 fully saturated rings. The molecule has 0 bridgehead atoms. The molecule has 1 aliphatic carbocycles. The van der Waals surface area contributed by atoms with Crippen LogP contribution in [-0.2, 0) is 6.42 Å². The van der Waals surface area contributed by atoms with Crippen LogP contribution in [0, 0.1) is 11.3 Å². The third-order valence-corrected chi connectivity index (χ3v) is 10.6. The fourth-order valence-electron chi connectivity index (χ4n) is 7.40. The van der Waals surface area contributed by atoms with Gasteiger partial charge in [0.05, 0.1) is 33.7 Å². The van der Waals surface area contributed by atoms with Crippen LogP contribution >= 0.6 is 11.8 Å². The highest BCUT2D eigenvalue weighted by molar-refractivity contribution is 8.03. The summed E-state index contributed by atoms with van der Waals surface area (Å²) in [7, 11) is 0. The summed E-state index contributed by atoms with van der Waals surface area (Å²) in [5, 5.41) is 14.5. The lowest BCUT2D eigenvalue weighted by Gasteiger charge is -2.16. The fraction of sp³-hybridized carbons (Fsp3) is 0.0930. The minimum atomic E-state index is 0.705. The SMILES string of the molecule is C/C1=C\C(n2c3ccccc3c3cc(-c4ccc5c(c4)c4ccccc4n5C4=CC=CCC4)ccc32)=C/Cc2ccc(C#N)cc2S1. The predicted molar refractivity (Wildman–Crippen MR) is 199 cm³/mol. The molecule has 9 rings (SSSR count). The Bertz CT molecular complexity index is 2600. The number of allylic oxidation sites excluding steroid dienone is 8. The van der Waals surface area contributed by atoms with Crippen molar-refractivity contribution < 1.29 is 0 Å². The van der Waals surface area contributed by atoms with Gasteiger partial charge in [-0.15, -0.1) is 0 Å². The summed E-state index contributed by atoms with van der Waals surface area (Å²) in [4.78, 5) is 2.36. The molecular formula is C43H31N3S. The molecule has 0 radical (unpaired) electrons. The monoisotopic (exact) mass is 621 g/mol. The summed E-state index contributed by atoms with van der Waals surface area (Å²) in [6.45, 7) is 2.16. The van der Waals surface area contributed by atoms with E-state index in [9.17, 15) is 5.26 Å². The van der Waals surface area contributed by atoms with Crippen LogP contribution in [0.4, 0.5) is 0 Å². The van der Waals surface area contributed by atoms with Crippen molar-refractivity contribution in [2.75, 3.05) is 0 Å². The van der Waals surface area contributed by atoms with Crippen molar-refractivity contribution in [1.82, 2.24) is 9.13 Å². The number of nitrogens with zero attached hydrogens (tertiary/aromatic N) is 3. The van der Waals surface area contributed by atoms with E-state index in [4.69, 9.17) is 0 Å². The van der Waals surface area contributed by atoms with Crippen molar-refractivity contribution >= 4 is 66.8 Å². The maximum atomic E-state index is 9.44. The van der Waals surface area contributed by atoms with Gasteiger partial charge in [0.1, 0.15) is 0 Å². The van der Waals surface area contributed by atoms with E-state index >= 15 is 0 Å². The Morgan fingerprint density at radius 3 is 2.04 bits per heavy atom. The molecular weight excluding hydrogens is 591 g/mol. The largest absolute Gasteiger partial charge is 0.313 e. The van der Waals surface area contributed by atoms with Crippen LogP contribution in [-0.4, -0.2) is 9.13 Å². The van der Waals surface area contributed by atoms with Gasteiger partial charge in [0.2, 0.25) is 0 Å². The first kappa shape index (κ1) is 27.8. The Morgan fingerprint density at radius 2 is 1.36 bits per heavy atom. The van der Waals surface area contributed by atoms with Gasteiger partial charge in [-0.05, 0) is 108 Å². The normalized spacial score (nSPS) is 17.1. The fourth-order valence-corrected chi connectivity index (χ4v) is 8.39. The van der Waals surface area contributed by atoms with E-state index in [0.29, 0.717) is 5.56 Å². The first-order chi connectivity index (χ1) is 23.2. The van der Waals surface area contributed by atoms with Crippen molar-refractivity contribution in [3.8, 4) is 17.2 Å². The average Bonchev–Trinajstić information content (AvgIpc) is 3.62. The molecule has 47 heavy (non-hydrogen) atoms. The van der Waals surface area contributed by atoms with Crippen molar-refractivity contribution in [1.29, 1.82) is 5.26 Å². The minimum absolute atomic E-state index is 0.705. The van der Waals surface area contributed by atoms with Gasteiger partial charge in [-0.1, -0.05) is 84.6 Å². The van der Waals surface area contributed by atoms with E-state index in [-0.39, 0.29) is 0 Å². The smallest absolute Gasteiger partial charge is 0.0992 e. The van der Waals surface area contributed by atoms with Gasteiger partial charge >= 0.3 is 0 Å². The topological polar surface area (TPSA) is 33.6 Å². The van der Waals surface area contributed by atoms with E-state index in [1.807, 2.05) is 12.1 Å². The molecule has 0 atom stereocenters. The molecule has 0 saturated heterocycles. The summed E-state index contributed by atoms with van der Waals surface area (Å²) < 4.78 is 4.86. The molecule has 5 aromatic carbocycles. The highest BCUT2D eigenvalue weighted by Crippen LogP contribution is 2.40. The lowest BCUT2D eigenvalue weighted by molar-refractivity contribution is 0.979. The third-order valence-electron chi connectivity index (χ3n) is 9.57. The van der Waals surface area contributed by atoms with Crippen LogP contribution in [0.2, 0.25) is 0 Å². The molecule has 0 unspecified atom stereocenters. The number of hydrogen-bond acceptors (Lipinski definition) is 2. The first-order valence-corrected chi connectivity index (χ1v) is 17.0. The molecule has 0 spiro atoms. The number of nitriles is 1. The maximum absolute atomic E-state index is 9.44. The quantitative estimate of drug-likeness (QED) is 0.197. The van der Waals surface area contributed by atoms with Gasteiger partial charge in [0.25, 0.3) is 0 Å². The zero-order valence-corrected chi connectivity index (χ0v) is 26.9. The second-order valence-electron chi connectivity index (χ2n) is 12.4. The number of thioether (sulfide) groups is 1. The van der Waals surface area contributed by atoms with Gasteiger partial charge in [-0.2, -0.15) is 5.26 Å². The second-order valence-corrected chi connectivity index (χ2v) is 13.7. The van der Waals surface area contributed by atoms with E-state index in [1.165, 1.54) is 76.6 Å². The lowest BCUT2D eigenvalue weighted by atomic mass is 10.0. The highest BCUT2D eigenvalue weighted by atomic mass is 32.2. The van der Waals surface area contributed by atoms with Crippen LogP contribution in [0.1, 0.15) is 30.9 Å². The van der Waals surface area contributed by atoms with Crippen LogP contribution in [0.25, 0.3) is 66.1 Å². The van der Waals surface area contributed by atoms with Crippen molar-refractivity contribution in [3.63, 3.8) is 0 Å². The highest BCUT2D eigenvalue weighted by Gasteiger charge is 2.18. The lowest BCUT2D eigenvalue weighted by Crippen LogP contribution is -1.99. The summed E-state index contributed by atoms with van der Waals surface area (Å²) in [5.74, 6) is 0. The van der Waals surface area contributed by atoms with E-state index in [1.54, 1.807) is 11.8 Å². The summed E-state index contributed by atoms with van der Waals surface area (Å²) in [6, 6.07) is 39.8. The minimum Gasteiger partial charge on any atom is -0.313 e. The van der Waals surface area contributed by atoms with Crippen molar-refractivity contribution in [2.45, 2.75) is 31.1 Å². The number of hydrogen-bond donors (Lipinski definition) is 0. The molecule has 3 nitrogen and oxygen atoms in total. The summed E-state index contributed by atoms with van der Waals surface area (Å²) >= 11 is 1.75. The summed E-state index contributed by atoms with van der Waals surface area (Å²) in [5.41, 5.74) is 11.8. The third kappa shape index (κ3) is 4.58. The van der Waals surface area contributed by atoms with E-state index in [0.717, 1.165) is 24.2 Å². The van der Waals surface area contributed by atoms with E-state index < -0.39 is 0 Å². The zero-order chi connectivity index (χ0) is 31.5. The number of benzene rings is 5. The van der Waals surface area contributed by atoms with Crippen LogP contribution in [0.15, 0.2) is 143 Å². The second kappa shape index (κ2) is 11.1. The molecule has 2 aliphatic rings. The van der Waals surface area contributed by atoms with Crippen LogP contribution < -0.4 is 0 Å². The number of para-hydroxylation sites is 2. The van der Waals surface area contributed by atoms with Gasteiger partial charge in [-0.25, -0.2) is 0 Å². The van der Waals surface area contributed by atoms with E-state index in [2.05, 4.69) is 144 Å². The Hall–Kier alpha value is -5.50. The average molecular weight is 622 g/mol. The molecule has 0 amide bonds. The molecule has 2 aromatic heterocycles. The molecule has 224 valence electrons. The number of rotatable bonds is 3. The van der Waals surface area contributed by atoms with Gasteiger partial charge < -0.3 is 9.13 Å². The van der Waals surface area contributed by atoms with Crippen molar-refractivity contribution in [3.05, 3.63) is 150 Å². The molecule has 4 heteroatoms. The van der Waals surface area contributed by atoms with Gasteiger partial charge in [-0.3, -0.25) is 0 Å². The Morgan fingerprint density at radius 1 is 0.702 bits per heavy atom. The first-order valence-electron chi connectivity index (χ1n) is 16.2. The van der Waals surface area contributed by atoms with Gasteiger partial charge in [0.15, 0.2) is 0 Å². The van der Waals surface area contributed by atoms with Crippen molar-refractivity contribution in [2.24, 2.45) is 0 Å². The number of aromatic nitrogens is 2. The zero-order valence-electron chi connectivity index (χ0n) is 26.1.